The molecule has 0 radical (unpaired) electrons. The molecule has 0 fully saturated rings. The number of benzene rings is 3. The summed E-state index contributed by atoms with van der Waals surface area (Å²) in [6.07, 6.45) is 0. The minimum absolute atomic E-state index is 0.246. The summed E-state index contributed by atoms with van der Waals surface area (Å²) in [4.78, 5) is 17.9. The predicted octanol–water partition coefficient (Wildman–Crippen LogP) is 5.82. The van der Waals surface area contributed by atoms with Gasteiger partial charge in [0, 0.05) is 27.7 Å². The molecule has 1 amide bonds. The van der Waals surface area contributed by atoms with Crippen LogP contribution in [0.4, 0.5) is 5.69 Å². The van der Waals surface area contributed by atoms with Crippen LogP contribution < -0.4 is 14.8 Å². The molecule has 0 aliphatic rings. The third kappa shape index (κ3) is 3.93. The Morgan fingerprint density at radius 2 is 1.77 bits per heavy atom. The maximum atomic E-state index is 13.1. The van der Waals surface area contributed by atoms with Crippen LogP contribution in [0.25, 0.3) is 22.2 Å². The highest BCUT2D eigenvalue weighted by molar-refractivity contribution is 6.31. The van der Waals surface area contributed by atoms with Crippen molar-refractivity contribution in [1.29, 1.82) is 0 Å². The number of aromatic nitrogens is 1. The summed E-state index contributed by atoms with van der Waals surface area (Å²) in [5.74, 6) is 1.04. The Hall–Kier alpha value is -3.57. The molecule has 30 heavy (non-hydrogen) atoms. The number of pyridine rings is 1. The number of nitrogens with zero attached hydrogens (tertiary/aromatic N) is 1. The van der Waals surface area contributed by atoms with Gasteiger partial charge in [-0.2, -0.15) is 0 Å². The van der Waals surface area contributed by atoms with Crippen LogP contribution in [0.15, 0.2) is 72.8 Å². The van der Waals surface area contributed by atoms with E-state index in [1.54, 1.807) is 50.6 Å². The molecule has 0 unspecified atom stereocenters. The molecule has 0 saturated carbocycles. The number of ether oxygens (including phenoxy) is 2. The number of hydrogen-bond donors (Lipinski definition) is 1. The monoisotopic (exact) mass is 418 g/mol. The van der Waals surface area contributed by atoms with Gasteiger partial charge in [-0.05, 0) is 42.5 Å². The zero-order valence-corrected chi connectivity index (χ0v) is 17.2. The van der Waals surface area contributed by atoms with E-state index < -0.39 is 0 Å². The van der Waals surface area contributed by atoms with Gasteiger partial charge in [-0.15, -0.1) is 0 Å². The van der Waals surface area contributed by atoms with Crippen LogP contribution in [0.5, 0.6) is 11.5 Å². The summed E-state index contributed by atoms with van der Waals surface area (Å²) >= 11 is 6.05. The van der Waals surface area contributed by atoms with E-state index in [0.717, 1.165) is 10.9 Å². The van der Waals surface area contributed by atoms with Crippen LogP contribution in [0.2, 0.25) is 5.02 Å². The fourth-order valence-corrected chi connectivity index (χ4v) is 3.47. The summed E-state index contributed by atoms with van der Waals surface area (Å²) in [5.41, 5.74) is 3.24. The molecular weight excluding hydrogens is 400 g/mol. The van der Waals surface area contributed by atoms with Crippen molar-refractivity contribution in [3.63, 3.8) is 0 Å². The molecule has 1 N–H and O–H groups in total. The van der Waals surface area contributed by atoms with Crippen molar-refractivity contribution in [2.45, 2.75) is 0 Å². The number of anilines is 1. The minimum Gasteiger partial charge on any atom is -0.497 e. The van der Waals surface area contributed by atoms with Gasteiger partial charge in [-0.3, -0.25) is 4.79 Å². The fraction of sp³-hybridized carbons (Fsp3) is 0.0833. The molecule has 150 valence electrons. The minimum atomic E-state index is -0.246. The fourth-order valence-electron chi connectivity index (χ4n) is 3.28. The van der Waals surface area contributed by atoms with Crippen LogP contribution in [0.3, 0.4) is 0 Å². The Kier molecular flexibility index (Phi) is 5.55. The third-order valence-corrected chi connectivity index (χ3v) is 4.96. The van der Waals surface area contributed by atoms with Crippen molar-refractivity contribution < 1.29 is 14.3 Å². The summed E-state index contributed by atoms with van der Waals surface area (Å²) < 4.78 is 10.8. The quantitative estimate of drug-likeness (QED) is 0.443. The largest absolute Gasteiger partial charge is 0.497 e. The predicted molar refractivity (Wildman–Crippen MR) is 120 cm³/mol. The molecule has 1 heterocycles. The van der Waals surface area contributed by atoms with Crippen molar-refractivity contribution in [2.75, 3.05) is 19.5 Å². The van der Waals surface area contributed by atoms with Crippen LogP contribution in [-0.4, -0.2) is 25.1 Å². The molecule has 1 aromatic heterocycles. The summed E-state index contributed by atoms with van der Waals surface area (Å²) in [7, 11) is 3.19. The van der Waals surface area contributed by atoms with E-state index in [0.29, 0.717) is 39.0 Å². The van der Waals surface area contributed by atoms with Crippen molar-refractivity contribution >= 4 is 34.1 Å². The van der Waals surface area contributed by atoms with Gasteiger partial charge < -0.3 is 14.8 Å². The lowest BCUT2D eigenvalue weighted by Crippen LogP contribution is -2.13. The molecule has 6 heteroatoms. The number of carbonyl (C=O) groups is 1. The average molecular weight is 419 g/mol. The van der Waals surface area contributed by atoms with Gasteiger partial charge in [-0.25, -0.2) is 4.98 Å². The number of amides is 1. The number of para-hydroxylation sites is 1. The van der Waals surface area contributed by atoms with Crippen molar-refractivity contribution in [1.82, 2.24) is 4.98 Å². The molecular formula is C24H19ClN2O3. The molecule has 0 atom stereocenters. The van der Waals surface area contributed by atoms with E-state index in [1.165, 1.54) is 0 Å². The molecule has 0 saturated heterocycles. The first kappa shape index (κ1) is 19.7. The maximum Gasteiger partial charge on any atom is 0.256 e. The Morgan fingerprint density at radius 1 is 0.933 bits per heavy atom. The standard InChI is InChI=1S/C24H19ClN2O3/c1-29-17-10-11-19(23(13-17)30-2)22-14-20(18-8-3-4-9-21(18)27-22)24(28)26-16-7-5-6-15(25)12-16/h3-14H,1-2H3,(H,26,28). The number of carbonyl (C=O) groups excluding carboxylic acids is 1. The molecule has 3 aromatic carbocycles. The van der Waals surface area contributed by atoms with Gasteiger partial charge in [-0.1, -0.05) is 35.9 Å². The lowest BCUT2D eigenvalue weighted by atomic mass is 10.0. The van der Waals surface area contributed by atoms with Gasteiger partial charge in [0.1, 0.15) is 11.5 Å². The van der Waals surface area contributed by atoms with Gasteiger partial charge in [0.25, 0.3) is 5.91 Å². The Balaban J connectivity index is 1.83. The highest BCUT2D eigenvalue weighted by atomic mass is 35.5. The highest BCUT2D eigenvalue weighted by Gasteiger charge is 2.17. The van der Waals surface area contributed by atoms with E-state index in [-0.39, 0.29) is 5.91 Å². The molecule has 4 rings (SSSR count). The molecule has 4 aromatic rings. The third-order valence-electron chi connectivity index (χ3n) is 4.73. The number of fused-ring (bicyclic) bond motifs is 1. The Bertz CT molecular complexity index is 1240. The van der Waals surface area contributed by atoms with Crippen molar-refractivity contribution in [3.8, 4) is 22.8 Å². The smallest absolute Gasteiger partial charge is 0.256 e. The molecule has 0 aliphatic carbocycles. The average Bonchev–Trinajstić information content (AvgIpc) is 2.77. The van der Waals surface area contributed by atoms with Crippen LogP contribution in [0, 0.1) is 0 Å². The topological polar surface area (TPSA) is 60.5 Å². The molecule has 5 nitrogen and oxygen atoms in total. The first-order chi connectivity index (χ1) is 14.6. The highest BCUT2D eigenvalue weighted by Crippen LogP contribution is 2.34. The number of nitrogens with one attached hydrogen (secondary N) is 1. The first-order valence-electron chi connectivity index (χ1n) is 9.28. The van der Waals surface area contributed by atoms with Crippen LogP contribution in [0.1, 0.15) is 10.4 Å². The second-order valence-corrected chi connectivity index (χ2v) is 7.04. The Morgan fingerprint density at radius 3 is 2.53 bits per heavy atom. The summed E-state index contributed by atoms with van der Waals surface area (Å²) in [6.45, 7) is 0. The van der Waals surface area contributed by atoms with E-state index in [9.17, 15) is 4.79 Å². The normalized spacial score (nSPS) is 10.6. The second-order valence-electron chi connectivity index (χ2n) is 6.60. The zero-order chi connectivity index (χ0) is 21.1. The first-order valence-corrected chi connectivity index (χ1v) is 9.66. The van der Waals surface area contributed by atoms with Crippen molar-refractivity contribution in [2.24, 2.45) is 0 Å². The molecule has 0 aliphatic heterocycles. The summed E-state index contributed by atoms with van der Waals surface area (Å²) in [6, 6.07) is 21.8. The van der Waals surface area contributed by atoms with Gasteiger partial charge in [0.2, 0.25) is 0 Å². The van der Waals surface area contributed by atoms with E-state index >= 15 is 0 Å². The lowest BCUT2D eigenvalue weighted by Gasteiger charge is -2.13. The number of hydrogen-bond acceptors (Lipinski definition) is 4. The van der Waals surface area contributed by atoms with Gasteiger partial charge >= 0.3 is 0 Å². The number of methoxy groups -OCH3 is 2. The Labute approximate surface area is 179 Å². The lowest BCUT2D eigenvalue weighted by molar-refractivity contribution is 0.102. The van der Waals surface area contributed by atoms with E-state index in [4.69, 9.17) is 26.1 Å². The van der Waals surface area contributed by atoms with Gasteiger partial charge in [0.05, 0.1) is 31.0 Å². The molecule has 0 spiro atoms. The van der Waals surface area contributed by atoms with Crippen molar-refractivity contribution in [3.05, 3.63) is 83.4 Å². The van der Waals surface area contributed by atoms with Gasteiger partial charge in [0.15, 0.2) is 0 Å². The van der Waals surface area contributed by atoms with Crippen LogP contribution in [-0.2, 0) is 0 Å². The van der Waals surface area contributed by atoms with Crippen LogP contribution >= 0.6 is 11.6 Å². The molecule has 0 bridgehead atoms. The van der Waals surface area contributed by atoms with E-state index in [1.807, 2.05) is 36.4 Å². The maximum absolute atomic E-state index is 13.1. The van der Waals surface area contributed by atoms with E-state index in [2.05, 4.69) is 5.32 Å². The SMILES string of the molecule is COc1ccc(-c2cc(C(=O)Nc3cccc(Cl)c3)c3ccccc3n2)c(OC)c1. The number of rotatable bonds is 5. The number of halogens is 1. The second kappa shape index (κ2) is 8.43. The zero-order valence-electron chi connectivity index (χ0n) is 16.5. The summed E-state index contributed by atoms with van der Waals surface area (Å²) in [5, 5.41) is 4.22.